The van der Waals surface area contributed by atoms with Crippen LogP contribution in [0.15, 0.2) is 36.4 Å². The molecule has 0 aliphatic carbocycles. The third kappa shape index (κ3) is 4.62. The van der Waals surface area contributed by atoms with Crippen LogP contribution < -0.4 is 14.8 Å². The van der Waals surface area contributed by atoms with Gasteiger partial charge in [-0.2, -0.15) is 0 Å². The van der Waals surface area contributed by atoms with E-state index in [0.717, 1.165) is 23.5 Å². The first kappa shape index (κ1) is 23.3. The Kier molecular flexibility index (Phi) is 6.06. The summed E-state index contributed by atoms with van der Waals surface area (Å²) in [6.45, 7) is 5.94. The van der Waals surface area contributed by atoms with E-state index in [0.29, 0.717) is 22.5 Å². The first-order valence-electron chi connectivity index (χ1n) is 9.91. The summed E-state index contributed by atoms with van der Waals surface area (Å²) in [4.78, 5) is 24.6. The molecule has 1 aromatic heterocycles. The molecule has 0 spiro atoms. The molecule has 0 bridgehead atoms. The first-order chi connectivity index (χ1) is 14.9. The lowest BCUT2D eigenvalue weighted by atomic mass is 9.86. The molecule has 1 heterocycles. The molecule has 0 saturated heterocycles. The van der Waals surface area contributed by atoms with Crippen molar-refractivity contribution in [2.75, 3.05) is 23.4 Å². The predicted octanol–water partition coefficient (Wildman–Crippen LogP) is 3.92. The van der Waals surface area contributed by atoms with Crippen LogP contribution >= 0.6 is 0 Å². The van der Waals surface area contributed by atoms with Gasteiger partial charge in [-0.1, -0.05) is 32.9 Å². The number of para-hydroxylation sites is 1. The Morgan fingerprint density at radius 1 is 1.12 bits per heavy atom. The van der Waals surface area contributed by atoms with Crippen molar-refractivity contribution in [2.24, 2.45) is 7.05 Å². The fraction of sp³-hybridized carbons (Fsp3) is 0.304. The van der Waals surface area contributed by atoms with Gasteiger partial charge in [-0.15, -0.1) is 0 Å². The number of anilines is 2. The van der Waals surface area contributed by atoms with E-state index >= 15 is 0 Å². The molecular weight excluding hydrogens is 430 g/mol. The number of carbonyl (C=O) groups is 2. The van der Waals surface area contributed by atoms with Crippen LogP contribution in [0.4, 0.5) is 11.4 Å². The number of aromatic nitrogens is 1. The summed E-state index contributed by atoms with van der Waals surface area (Å²) in [6.07, 6.45) is 1.80. The number of methoxy groups -OCH3 is 1. The molecule has 1 amide bonds. The van der Waals surface area contributed by atoms with Gasteiger partial charge >= 0.3 is 0 Å². The van der Waals surface area contributed by atoms with Crippen LogP contribution in [0.1, 0.15) is 47.2 Å². The molecule has 8 nitrogen and oxygen atoms in total. The zero-order valence-electron chi connectivity index (χ0n) is 18.9. The number of rotatable bonds is 6. The van der Waals surface area contributed by atoms with Crippen LogP contribution in [0.25, 0.3) is 10.9 Å². The van der Waals surface area contributed by atoms with E-state index in [-0.39, 0.29) is 16.9 Å². The van der Waals surface area contributed by atoms with Crippen molar-refractivity contribution >= 4 is 44.5 Å². The highest BCUT2D eigenvalue weighted by Crippen LogP contribution is 2.39. The Balaban J connectivity index is 2.12. The molecule has 0 fully saturated rings. The van der Waals surface area contributed by atoms with Crippen LogP contribution in [0.3, 0.4) is 0 Å². The Hall–Kier alpha value is -3.33. The first-order valence-corrected chi connectivity index (χ1v) is 11.8. The van der Waals surface area contributed by atoms with E-state index in [1.807, 2.05) is 26.8 Å². The molecule has 2 N–H and O–H groups in total. The molecule has 3 aromatic rings. The van der Waals surface area contributed by atoms with Crippen LogP contribution in [-0.2, 0) is 22.5 Å². The molecule has 3 rings (SSSR count). The minimum Gasteiger partial charge on any atom is -0.492 e. The SMILES string of the molecule is COc1c(NC(=O)c2cc3cccc(C=O)c3n2C)cc(C(C)(C)C)cc1NS(C)(=O)=O. The fourth-order valence-electron chi connectivity index (χ4n) is 3.60. The number of nitrogens with one attached hydrogen (secondary N) is 2. The van der Waals surface area contributed by atoms with E-state index < -0.39 is 15.9 Å². The number of fused-ring (bicyclic) bond motifs is 1. The highest BCUT2D eigenvalue weighted by Gasteiger charge is 2.23. The van der Waals surface area contributed by atoms with Crippen molar-refractivity contribution in [3.05, 3.63) is 53.2 Å². The van der Waals surface area contributed by atoms with E-state index in [2.05, 4.69) is 10.0 Å². The highest BCUT2D eigenvalue weighted by molar-refractivity contribution is 7.92. The Labute approximate surface area is 187 Å². The van der Waals surface area contributed by atoms with Crippen LogP contribution in [0.5, 0.6) is 5.75 Å². The summed E-state index contributed by atoms with van der Waals surface area (Å²) in [5, 5.41) is 3.61. The summed E-state index contributed by atoms with van der Waals surface area (Å²) in [5.74, 6) is -0.223. The van der Waals surface area contributed by atoms with Gasteiger partial charge in [-0.05, 0) is 35.2 Å². The van der Waals surface area contributed by atoms with Gasteiger partial charge in [-0.25, -0.2) is 8.42 Å². The maximum atomic E-state index is 13.2. The van der Waals surface area contributed by atoms with E-state index in [1.165, 1.54) is 7.11 Å². The average Bonchev–Trinajstić information content (AvgIpc) is 3.03. The van der Waals surface area contributed by atoms with Crippen molar-refractivity contribution in [1.29, 1.82) is 0 Å². The van der Waals surface area contributed by atoms with E-state index in [9.17, 15) is 18.0 Å². The summed E-state index contributed by atoms with van der Waals surface area (Å²) >= 11 is 0. The number of ether oxygens (including phenoxy) is 1. The van der Waals surface area contributed by atoms with Gasteiger partial charge in [0.1, 0.15) is 5.69 Å². The van der Waals surface area contributed by atoms with Crippen molar-refractivity contribution < 1.29 is 22.7 Å². The highest BCUT2D eigenvalue weighted by atomic mass is 32.2. The molecule has 0 unspecified atom stereocenters. The minimum absolute atomic E-state index is 0.198. The number of aldehydes is 1. The maximum absolute atomic E-state index is 13.2. The quantitative estimate of drug-likeness (QED) is 0.546. The van der Waals surface area contributed by atoms with E-state index in [1.54, 1.807) is 41.9 Å². The van der Waals surface area contributed by atoms with Crippen LogP contribution in [0, 0.1) is 0 Å². The molecule has 0 aliphatic heterocycles. The number of carbonyl (C=O) groups excluding carboxylic acids is 2. The van der Waals surface area contributed by atoms with Gasteiger partial charge in [0.05, 0.1) is 30.3 Å². The normalized spacial score (nSPS) is 11.9. The van der Waals surface area contributed by atoms with Gasteiger partial charge in [0.25, 0.3) is 5.91 Å². The molecule has 0 saturated carbocycles. The third-order valence-electron chi connectivity index (χ3n) is 5.15. The zero-order valence-corrected chi connectivity index (χ0v) is 19.8. The zero-order chi connectivity index (χ0) is 23.8. The lowest BCUT2D eigenvalue weighted by Crippen LogP contribution is -2.19. The second-order valence-electron chi connectivity index (χ2n) is 8.67. The Morgan fingerprint density at radius 3 is 2.34 bits per heavy atom. The maximum Gasteiger partial charge on any atom is 0.272 e. The van der Waals surface area contributed by atoms with Crippen molar-refractivity contribution in [3.8, 4) is 5.75 Å². The van der Waals surface area contributed by atoms with Gasteiger partial charge in [0.2, 0.25) is 10.0 Å². The Morgan fingerprint density at radius 2 is 1.78 bits per heavy atom. The third-order valence-corrected chi connectivity index (χ3v) is 5.74. The summed E-state index contributed by atoms with van der Waals surface area (Å²) in [7, 11) is -0.464. The smallest absolute Gasteiger partial charge is 0.272 e. The number of nitrogens with zero attached hydrogens (tertiary/aromatic N) is 1. The van der Waals surface area contributed by atoms with Gasteiger partial charge < -0.3 is 14.6 Å². The number of sulfonamides is 1. The number of hydrogen-bond donors (Lipinski definition) is 2. The number of benzene rings is 2. The molecule has 0 radical (unpaired) electrons. The van der Waals surface area contributed by atoms with Crippen molar-refractivity contribution in [1.82, 2.24) is 4.57 Å². The Bertz CT molecular complexity index is 1320. The van der Waals surface area contributed by atoms with Gasteiger partial charge in [0, 0.05) is 18.0 Å². The molecular formula is C23H27N3O5S. The average molecular weight is 458 g/mol. The molecule has 9 heteroatoms. The number of amides is 1. The second-order valence-corrected chi connectivity index (χ2v) is 10.4. The van der Waals surface area contributed by atoms with Crippen molar-refractivity contribution in [2.45, 2.75) is 26.2 Å². The largest absolute Gasteiger partial charge is 0.492 e. The topological polar surface area (TPSA) is 106 Å². The fourth-order valence-corrected chi connectivity index (χ4v) is 4.15. The molecule has 32 heavy (non-hydrogen) atoms. The minimum atomic E-state index is -3.58. The lowest BCUT2D eigenvalue weighted by molar-refractivity contribution is 0.101. The number of hydrogen-bond acceptors (Lipinski definition) is 5. The molecule has 0 atom stereocenters. The van der Waals surface area contributed by atoms with Crippen LogP contribution in [0.2, 0.25) is 0 Å². The lowest BCUT2D eigenvalue weighted by Gasteiger charge is -2.24. The monoisotopic (exact) mass is 457 g/mol. The second kappa shape index (κ2) is 8.31. The molecule has 0 aliphatic rings. The molecule has 170 valence electrons. The van der Waals surface area contributed by atoms with Gasteiger partial charge in [0.15, 0.2) is 12.0 Å². The molecule has 2 aromatic carbocycles. The van der Waals surface area contributed by atoms with E-state index in [4.69, 9.17) is 4.74 Å². The van der Waals surface area contributed by atoms with Crippen LogP contribution in [-0.4, -0.2) is 38.5 Å². The van der Waals surface area contributed by atoms with Crippen molar-refractivity contribution in [3.63, 3.8) is 0 Å². The standard InChI is InChI=1S/C23H27N3O5S/c1-23(2,3)16-11-17(21(31-5)18(12-16)25-32(6,29)30)24-22(28)19-10-14-8-7-9-15(13-27)20(14)26(19)4/h7-13,25H,1-6H3,(H,24,28). The summed E-state index contributed by atoms with van der Waals surface area (Å²) in [5.41, 5.74) is 2.53. The number of aryl methyl sites for hydroxylation is 1. The van der Waals surface area contributed by atoms with Gasteiger partial charge in [-0.3, -0.25) is 14.3 Å². The predicted molar refractivity (Wildman–Crippen MR) is 126 cm³/mol. The summed E-state index contributed by atoms with van der Waals surface area (Å²) < 4.78 is 33.4. The summed E-state index contributed by atoms with van der Waals surface area (Å²) in [6, 6.07) is 10.4.